The zero-order chi connectivity index (χ0) is 29.7. The van der Waals surface area contributed by atoms with Crippen LogP contribution in [-0.2, 0) is 37.8 Å². The molecule has 0 saturated carbocycles. The highest BCUT2D eigenvalue weighted by Crippen LogP contribution is 2.39. The summed E-state index contributed by atoms with van der Waals surface area (Å²) >= 11 is 0. The van der Waals surface area contributed by atoms with Crippen LogP contribution in [0.4, 0.5) is 9.59 Å². The third-order valence-electron chi connectivity index (χ3n) is 7.02. The molecule has 41 heavy (non-hydrogen) atoms. The fourth-order valence-corrected chi connectivity index (χ4v) is 4.81. The van der Waals surface area contributed by atoms with Crippen LogP contribution in [0, 0.1) is 12.3 Å². The van der Waals surface area contributed by atoms with Crippen LogP contribution in [-0.4, -0.2) is 70.3 Å². The van der Waals surface area contributed by atoms with Gasteiger partial charge in [0, 0.05) is 43.7 Å². The molecule has 0 aliphatic carbocycles. The molecule has 2 amide bonds. The number of esters is 1. The fourth-order valence-electron chi connectivity index (χ4n) is 4.81. The van der Waals surface area contributed by atoms with Gasteiger partial charge in [0.05, 0.1) is 29.0 Å². The number of benzene rings is 1. The van der Waals surface area contributed by atoms with Crippen LogP contribution in [0.1, 0.15) is 37.5 Å². The Bertz CT molecular complexity index is 1700. The highest BCUT2D eigenvalue weighted by molar-refractivity contribution is 5.91. The van der Waals surface area contributed by atoms with Crippen molar-refractivity contribution in [2.75, 3.05) is 27.2 Å². The molecule has 3 aromatic rings. The third-order valence-corrected chi connectivity index (χ3v) is 7.02. The number of para-hydroxylation sites is 1. The number of terminal acetylenes is 1. The van der Waals surface area contributed by atoms with Gasteiger partial charge in [0.2, 0.25) is 0 Å². The van der Waals surface area contributed by atoms with Gasteiger partial charge in [0.25, 0.3) is 11.2 Å². The molecule has 2 aromatic heterocycles. The molecule has 0 N–H and O–H groups in total. The normalized spacial score (nSPS) is 17.0. The maximum absolute atomic E-state index is 13.6. The van der Waals surface area contributed by atoms with Crippen molar-refractivity contribution in [3.63, 3.8) is 0 Å². The van der Waals surface area contributed by atoms with Crippen molar-refractivity contribution in [1.82, 2.24) is 19.4 Å². The molecule has 212 valence electrons. The monoisotopic (exact) mass is 558 g/mol. The number of carbonyl (C=O) groups is 3. The number of cyclic esters (lactones) is 1. The Morgan fingerprint density at radius 2 is 1.80 bits per heavy atom. The minimum absolute atomic E-state index is 0.0499. The minimum Gasteiger partial charge on any atom is -0.457 e. The summed E-state index contributed by atoms with van der Waals surface area (Å²) in [6, 6.07) is 11.2. The van der Waals surface area contributed by atoms with Gasteiger partial charge in [-0.05, 0) is 44.9 Å². The molecule has 2 aliphatic heterocycles. The number of amides is 2. The van der Waals surface area contributed by atoms with Gasteiger partial charge in [-0.2, -0.15) is 0 Å². The van der Waals surface area contributed by atoms with Gasteiger partial charge in [-0.15, -0.1) is 6.42 Å². The molecule has 2 aliphatic rings. The van der Waals surface area contributed by atoms with Crippen LogP contribution < -0.4 is 5.56 Å². The molecule has 11 heteroatoms. The van der Waals surface area contributed by atoms with E-state index >= 15 is 0 Å². The quantitative estimate of drug-likeness (QED) is 0.213. The van der Waals surface area contributed by atoms with Crippen LogP contribution >= 0.6 is 0 Å². The van der Waals surface area contributed by atoms with Gasteiger partial charge < -0.3 is 28.6 Å². The molecule has 1 aromatic carbocycles. The molecule has 0 fully saturated rings. The van der Waals surface area contributed by atoms with Gasteiger partial charge in [-0.1, -0.05) is 18.2 Å². The first-order valence-electron chi connectivity index (χ1n) is 13.0. The van der Waals surface area contributed by atoms with Gasteiger partial charge >= 0.3 is 18.2 Å². The van der Waals surface area contributed by atoms with E-state index in [-0.39, 0.29) is 30.8 Å². The number of fused-ring (bicyclic) bond motifs is 5. The van der Waals surface area contributed by atoms with E-state index < -0.39 is 34.9 Å². The van der Waals surface area contributed by atoms with Crippen LogP contribution in [0.2, 0.25) is 0 Å². The van der Waals surface area contributed by atoms with Crippen molar-refractivity contribution in [3.05, 3.63) is 63.4 Å². The molecule has 0 saturated heterocycles. The summed E-state index contributed by atoms with van der Waals surface area (Å²) in [7, 11) is 2.97. The maximum atomic E-state index is 13.6. The van der Waals surface area contributed by atoms with Gasteiger partial charge in [0.1, 0.15) is 12.2 Å². The van der Waals surface area contributed by atoms with Crippen molar-refractivity contribution in [2.24, 2.45) is 0 Å². The summed E-state index contributed by atoms with van der Waals surface area (Å²) in [5.41, 5.74) is -0.531. The summed E-state index contributed by atoms with van der Waals surface area (Å²) in [5, 5.41) is 0.933. The number of nitrogens with zero attached hydrogens (tertiary/aromatic N) is 4. The first-order chi connectivity index (χ1) is 19.3. The number of ether oxygens (including phenoxy) is 3. The largest absolute Gasteiger partial charge is 0.457 e. The van der Waals surface area contributed by atoms with Gasteiger partial charge in [0.15, 0.2) is 0 Å². The summed E-state index contributed by atoms with van der Waals surface area (Å²) in [5.74, 6) is 1.32. The SMILES string of the molecule is C#C[C@@]1(OC(=O)N(C)CCN(C)C(=O)OC(C)(C)C)C(=O)OCc2c1cc1n(c2=O)Cc2cc3ccccc3nc2-1. The van der Waals surface area contributed by atoms with Gasteiger partial charge in [-0.3, -0.25) is 4.79 Å². The summed E-state index contributed by atoms with van der Waals surface area (Å²) < 4.78 is 17.8. The smallest absolute Gasteiger partial charge is 0.411 e. The van der Waals surface area contributed by atoms with E-state index in [9.17, 15) is 19.2 Å². The zero-order valence-electron chi connectivity index (χ0n) is 23.5. The molecule has 0 spiro atoms. The Balaban J connectivity index is 1.45. The number of rotatable bonds is 4. The second-order valence-corrected chi connectivity index (χ2v) is 11.1. The predicted octanol–water partition coefficient (Wildman–Crippen LogP) is 3.25. The Hall–Kier alpha value is -4.85. The van der Waals surface area contributed by atoms with E-state index in [0.29, 0.717) is 17.9 Å². The van der Waals surface area contributed by atoms with E-state index in [4.69, 9.17) is 25.6 Å². The van der Waals surface area contributed by atoms with Crippen molar-refractivity contribution in [3.8, 4) is 23.7 Å². The lowest BCUT2D eigenvalue weighted by Crippen LogP contribution is -2.49. The molecule has 4 heterocycles. The Morgan fingerprint density at radius 1 is 1.12 bits per heavy atom. The van der Waals surface area contributed by atoms with Crippen molar-refractivity contribution >= 4 is 29.1 Å². The Kier molecular flexibility index (Phi) is 6.73. The van der Waals surface area contributed by atoms with Crippen LogP contribution in [0.5, 0.6) is 0 Å². The van der Waals surface area contributed by atoms with Gasteiger partial charge in [-0.25, -0.2) is 19.4 Å². The van der Waals surface area contributed by atoms with Crippen LogP contribution in [0.3, 0.4) is 0 Å². The number of aromatic nitrogens is 2. The number of likely N-dealkylation sites (N-methyl/N-ethyl adjacent to an activating group) is 2. The predicted molar refractivity (Wildman–Crippen MR) is 149 cm³/mol. The van der Waals surface area contributed by atoms with E-state index in [1.807, 2.05) is 30.3 Å². The maximum Gasteiger partial charge on any atom is 0.411 e. The second-order valence-electron chi connectivity index (χ2n) is 11.1. The zero-order valence-corrected chi connectivity index (χ0v) is 23.5. The van der Waals surface area contributed by atoms with Crippen LogP contribution in [0.15, 0.2) is 41.2 Å². The fraction of sp³-hybridized carbons (Fsp3) is 0.367. The molecule has 11 nitrogen and oxygen atoms in total. The van der Waals surface area contributed by atoms with Crippen molar-refractivity contribution in [1.29, 1.82) is 0 Å². The Morgan fingerprint density at radius 3 is 2.49 bits per heavy atom. The lowest BCUT2D eigenvalue weighted by molar-refractivity contribution is -0.165. The lowest BCUT2D eigenvalue weighted by Gasteiger charge is -2.33. The summed E-state index contributed by atoms with van der Waals surface area (Å²) in [6.45, 7) is 5.40. The molecule has 5 rings (SSSR count). The van der Waals surface area contributed by atoms with E-state index in [2.05, 4.69) is 5.92 Å². The molecule has 0 radical (unpaired) electrons. The topological polar surface area (TPSA) is 120 Å². The first-order valence-corrected chi connectivity index (χ1v) is 13.0. The van der Waals surface area contributed by atoms with E-state index in [0.717, 1.165) is 16.5 Å². The molecule has 0 unspecified atom stereocenters. The number of hydrogen-bond donors (Lipinski definition) is 0. The van der Waals surface area contributed by atoms with Crippen LogP contribution in [0.25, 0.3) is 22.3 Å². The van der Waals surface area contributed by atoms with Crippen molar-refractivity contribution < 1.29 is 28.6 Å². The Labute approximate surface area is 236 Å². The van der Waals surface area contributed by atoms with Crippen molar-refractivity contribution in [2.45, 2.75) is 45.1 Å². The van der Waals surface area contributed by atoms with E-state index in [1.54, 1.807) is 31.4 Å². The number of pyridine rings is 2. The number of hydrogen-bond acceptors (Lipinski definition) is 8. The van der Waals surface area contributed by atoms with E-state index in [1.165, 1.54) is 23.9 Å². The second kappa shape index (κ2) is 9.96. The average Bonchev–Trinajstić information content (AvgIpc) is 3.28. The number of carbonyl (C=O) groups excluding carboxylic acids is 3. The summed E-state index contributed by atoms with van der Waals surface area (Å²) in [4.78, 5) is 59.4. The average molecular weight is 559 g/mol. The standard InChI is InChI=1S/C30H30N4O7/c1-7-30(41-28(38)33(6)13-12-32(5)27(37)40-29(2,3)4)21-15-23-24-19(14-18-10-8-9-11-22(18)31-24)16-34(23)25(35)20(21)17-39-26(30)36/h1,8-11,14-15H,12-13,16-17H2,2-6H3/t30-/m0/s1. The third kappa shape index (κ3) is 4.86. The molecule has 0 bridgehead atoms. The molecular weight excluding hydrogens is 528 g/mol. The molecule has 1 atom stereocenters. The molecular formula is C30H30N4O7. The highest BCUT2D eigenvalue weighted by atomic mass is 16.6. The summed E-state index contributed by atoms with van der Waals surface area (Å²) in [6.07, 6.45) is 4.35. The first kappa shape index (κ1) is 27.7. The highest BCUT2D eigenvalue weighted by Gasteiger charge is 2.51. The minimum atomic E-state index is -2.29. The lowest BCUT2D eigenvalue weighted by atomic mass is 9.88.